The van der Waals surface area contributed by atoms with E-state index < -0.39 is 11.7 Å². The summed E-state index contributed by atoms with van der Waals surface area (Å²) in [5.41, 5.74) is 0.440. The predicted octanol–water partition coefficient (Wildman–Crippen LogP) is 3.98. The number of rotatable bonds is 6. The third kappa shape index (κ3) is 7.07. The van der Waals surface area contributed by atoms with Gasteiger partial charge in [-0.25, -0.2) is 0 Å². The standard InChI is InChI=1S/C22H23BrF3N3O2/c23-18-6-2-4-16(12-18)21(31)27-13-20(30)28-19-7-9-29(10-8-19)14-15-3-1-5-17(11-15)22(24,25)26/h1-6,11-12,19H,7-10,13-14H2,(H,27,31)(H,28,30). The summed E-state index contributed by atoms with van der Waals surface area (Å²) in [4.78, 5) is 26.3. The van der Waals surface area contributed by atoms with Crippen LogP contribution in [0.25, 0.3) is 0 Å². The van der Waals surface area contributed by atoms with Crippen molar-refractivity contribution in [3.8, 4) is 0 Å². The molecule has 0 aromatic heterocycles. The maximum atomic E-state index is 12.9. The van der Waals surface area contributed by atoms with E-state index >= 15 is 0 Å². The molecular weight excluding hydrogens is 475 g/mol. The molecule has 0 atom stereocenters. The van der Waals surface area contributed by atoms with Crippen LogP contribution < -0.4 is 10.6 Å². The van der Waals surface area contributed by atoms with Crippen LogP contribution in [0.5, 0.6) is 0 Å². The summed E-state index contributed by atoms with van der Waals surface area (Å²) >= 11 is 3.30. The van der Waals surface area contributed by atoms with E-state index in [0.717, 1.165) is 10.5 Å². The van der Waals surface area contributed by atoms with Crippen molar-refractivity contribution in [2.24, 2.45) is 0 Å². The van der Waals surface area contributed by atoms with Gasteiger partial charge in [-0.05, 0) is 42.7 Å². The average molecular weight is 498 g/mol. The Bertz CT molecular complexity index is 928. The normalized spacial score (nSPS) is 15.5. The first kappa shape index (κ1) is 23.3. The number of benzene rings is 2. The van der Waals surface area contributed by atoms with Crippen molar-refractivity contribution >= 4 is 27.7 Å². The molecule has 1 aliphatic rings. The van der Waals surface area contributed by atoms with Gasteiger partial charge in [0.25, 0.3) is 5.91 Å². The molecule has 0 saturated carbocycles. The number of halogens is 4. The van der Waals surface area contributed by atoms with Gasteiger partial charge in [0.2, 0.25) is 5.91 Å². The molecule has 166 valence electrons. The summed E-state index contributed by atoms with van der Waals surface area (Å²) < 4.78 is 39.4. The van der Waals surface area contributed by atoms with Gasteiger partial charge in [0, 0.05) is 35.7 Å². The number of likely N-dealkylation sites (tertiary alicyclic amines) is 1. The summed E-state index contributed by atoms with van der Waals surface area (Å²) in [6, 6.07) is 12.2. The number of nitrogens with one attached hydrogen (secondary N) is 2. The van der Waals surface area contributed by atoms with Crippen LogP contribution in [0.4, 0.5) is 13.2 Å². The quantitative estimate of drug-likeness (QED) is 0.634. The molecule has 0 spiro atoms. The van der Waals surface area contributed by atoms with Gasteiger partial charge in [-0.2, -0.15) is 13.2 Å². The summed E-state index contributed by atoms with van der Waals surface area (Å²) in [5, 5.41) is 5.51. The number of hydrogen-bond acceptors (Lipinski definition) is 3. The Morgan fingerprint density at radius 1 is 1.06 bits per heavy atom. The minimum Gasteiger partial charge on any atom is -0.352 e. The lowest BCUT2D eigenvalue weighted by atomic mass is 10.0. The second kappa shape index (κ2) is 10.3. The highest BCUT2D eigenvalue weighted by Crippen LogP contribution is 2.30. The minimum absolute atomic E-state index is 0.0203. The third-order valence-corrected chi connectivity index (χ3v) is 5.60. The molecule has 0 radical (unpaired) electrons. The Labute approximate surface area is 187 Å². The van der Waals surface area contributed by atoms with Gasteiger partial charge >= 0.3 is 6.18 Å². The summed E-state index contributed by atoms with van der Waals surface area (Å²) in [7, 11) is 0. The van der Waals surface area contributed by atoms with Gasteiger partial charge in [-0.1, -0.05) is 40.2 Å². The molecule has 0 bridgehead atoms. The Hall–Kier alpha value is -2.39. The molecule has 2 aromatic carbocycles. The second-order valence-electron chi connectivity index (χ2n) is 7.51. The first-order valence-electron chi connectivity index (χ1n) is 9.92. The van der Waals surface area contributed by atoms with Crippen LogP contribution in [0, 0.1) is 0 Å². The van der Waals surface area contributed by atoms with E-state index in [1.54, 1.807) is 24.3 Å². The van der Waals surface area contributed by atoms with Gasteiger partial charge in [0.1, 0.15) is 0 Å². The lowest BCUT2D eigenvalue weighted by Crippen LogP contribution is -2.47. The molecule has 9 heteroatoms. The van der Waals surface area contributed by atoms with E-state index in [2.05, 4.69) is 31.5 Å². The van der Waals surface area contributed by atoms with Crippen LogP contribution >= 0.6 is 15.9 Å². The number of alkyl halides is 3. The van der Waals surface area contributed by atoms with E-state index in [0.29, 0.717) is 43.6 Å². The maximum absolute atomic E-state index is 12.9. The molecule has 1 fully saturated rings. The Morgan fingerprint density at radius 3 is 2.45 bits per heavy atom. The fourth-order valence-electron chi connectivity index (χ4n) is 3.51. The second-order valence-corrected chi connectivity index (χ2v) is 8.42. The number of piperidine rings is 1. The van der Waals surface area contributed by atoms with E-state index in [1.165, 1.54) is 12.1 Å². The Morgan fingerprint density at radius 2 is 1.77 bits per heavy atom. The first-order chi connectivity index (χ1) is 14.7. The minimum atomic E-state index is -4.35. The van der Waals surface area contributed by atoms with Crippen molar-refractivity contribution < 1.29 is 22.8 Å². The molecule has 2 amide bonds. The number of nitrogens with zero attached hydrogens (tertiary/aromatic N) is 1. The van der Waals surface area contributed by atoms with Crippen LogP contribution in [0.1, 0.15) is 34.3 Å². The zero-order valence-corrected chi connectivity index (χ0v) is 18.3. The third-order valence-electron chi connectivity index (χ3n) is 5.11. The van der Waals surface area contributed by atoms with Gasteiger partial charge < -0.3 is 10.6 Å². The number of hydrogen-bond donors (Lipinski definition) is 2. The Kier molecular flexibility index (Phi) is 7.72. The van der Waals surface area contributed by atoms with Gasteiger partial charge in [0.15, 0.2) is 0 Å². The highest BCUT2D eigenvalue weighted by molar-refractivity contribution is 9.10. The van der Waals surface area contributed by atoms with E-state index in [-0.39, 0.29) is 24.4 Å². The zero-order chi connectivity index (χ0) is 22.4. The smallest absolute Gasteiger partial charge is 0.352 e. The highest BCUT2D eigenvalue weighted by atomic mass is 79.9. The van der Waals surface area contributed by atoms with Crippen molar-refractivity contribution in [2.75, 3.05) is 19.6 Å². The predicted molar refractivity (Wildman–Crippen MR) is 114 cm³/mol. The molecule has 1 aliphatic heterocycles. The summed E-state index contributed by atoms with van der Waals surface area (Å²) in [5.74, 6) is -0.591. The molecule has 2 N–H and O–H groups in total. The highest BCUT2D eigenvalue weighted by Gasteiger charge is 2.30. The van der Waals surface area contributed by atoms with Crippen molar-refractivity contribution in [3.05, 3.63) is 69.7 Å². The SMILES string of the molecule is O=C(CNC(=O)c1cccc(Br)c1)NC1CCN(Cc2cccc(C(F)(F)F)c2)CC1. The molecule has 0 unspecified atom stereocenters. The molecule has 0 aliphatic carbocycles. The van der Waals surface area contributed by atoms with Crippen molar-refractivity contribution in [3.63, 3.8) is 0 Å². The van der Waals surface area contributed by atoms with Crippen LogP contribution in [0.3, 0.4) is 0 Å². The zero-order valence-electron chi connectivity index (χ0n) is 16.7. The van der Waals surface area contributed by atoms with E-state index in [4.69, 9.17) is 0 Å². The molecule has 5 nitrogen and oxygen atoms in total. The van der Waals surface area contributed by atoms with Crippen LogP contribution in [0.2, 0.25) is 0 Å². The van der Waals surface area contributed by atoms with E-state index in [9.17, 15) is 22.8 Å². The lowest BCUT2D eigenvalue weighted by molar-refractivity contribution is -0.137. The molecule has 31 heavy (non-hydrogen) atoms. The maximum Gasteiger partial charge on any atom is 0.416 e. The Balaban J connectivity index is 1.41. The van der Waals surface area contributed by atoms with Crippen LogP contribution in [-0.2, 0) is 17.5 Å². The van der Waals surface area contributed by atoms with Gasteiger partial charge in [-0.3, -0.25) is 14.5 Å². The first-order valence-corrected chi connectivity index (χ1v) is 10.7. The van der Waals surface area contributed by atoms with E-state index in [1.807, 2.05) is 6.07 Å². The van der Waals surface area contributed by atoms with Crippen LogP contribution in [0.15, 0.2) is 53.0 Å². The summed E-state index contributed by atoms with van der Waals surface area (Å²) in [6.45, 7) is 1.67. The molecule has 3 rings (SSSR count). The summed E-state index contributed by atoms with van der Waals surface area (Å²) in [6.07, 6.45) is -2.95. The fraction of sp³-hybridized carbons (Fsp3) is 0.364. The van der Waals surface area contributed by atoms with Gasteiger partial charge in [0.05, 0.1) is 12.1 Å². The van der Waals surface area contributed by atoms with Crippen LogP contribution in [-0.4, -0.2) is 42.4 Å². The van der Waals surface area contributed by atoms with Gasteiger partial charge in [-0.15, -0.1) is 0 Å². The van der Waals surface area contributed by atoms with Crippen molar-refractivity contribution in [1.29, 1.82) is 0 Å². The largest absolute Gasteiger partial charge is 0.416 e. The molecular formula is C22H23BrF3N3O2. The average Bonchev–Trinajstić information content (AvgIpc) is 2.73. The number of carbonyl (C=O) groups excluding carboxylic acids is 2. The van der Waals surface area contributed by atoms with Crippen molar-refractivity contribution in [1.82, 2.24) is 15.5 Å². The molecule has 1 heterocycles. The van der Waals surface area contributed by atoms with Crippen molar-refractivity contribution in [2.45, 2.75) is 31.6 Å². The number of amides is 2. The number of carbonyl (C=O) groups is 2. The monoisotopic (exact) mass is 497 g/mol. The lowest BCUT2D eigenvalue weighted by Gasteiger charge is -2.32. The molecule has 1 saturated heterocycles. The topological polar surface area (TPSA) is 61.4 Å². The molecule has 2 aromatic rings. The fourth-order valence-corrected chi connectivity index (χ4v) is 3.91.